The Morgan fingerprint density at radius 1 is 0.963 bits per heavy atom. The van der Waals surface area contributed by atoms with Crippen molar-refractivity contribution >= 4 is 46.6 Å². The van der Waals surface area contributed by atoms with Crippen LogP contribution in [0.15, 0.2) is 53.4 Å². The van der Waals surface area contributed by atoms with E-state index in [1.807, 2.05) is 24.3 Å². The number of carbonyl (C=O) groups is 2. The SMILES string of the molecule is O=C(CSc1cccc(NC(=O)C2CCCCC2)c1)Nc1ccc(Cl)cc1. The Morgan fingerprint density at radius 2 is 1.70 bits per heavy atom. The average Bonchev–Trinajstić information content (AvgIpc) is 2.69. The summed E-state index contributed by atoms with van der Waals surface area (Å²) in [6.45, 7) is 0. The number of thioether (sulfide) groups is 1. The molecule has 0 aliphatic heterocycles. The van der Waals surface area contributed by atoms with Gasteiger partial charge in [-0.05, 0) is 55.3 Å². The molecule has 2 amide bonds. The Balaban J connectivity index is 1.50. The minimum absolute atomic E-state index is 0.0843. The van der Waals surface area contributed by atoms with Crippen molar-refractivity contribution in [1.29, 1.82) is 0 Å². The number of benzene rings is 2. The van der Waals surface area contributed by atoms with Crippen LogP contribution < -0.4 is 10.6 Å². The maximum atomic E-state index is 12.4. The first-order valence-corrected chi connectivity index (χ1v) is 10.6. The van der Waals surface area contributed by atoms with Gasteiger partial charge >= 0.3 is 0 Å². The summed E-state index contributed by atoms with van der Waals surface area (Å²) >= 11 is 7.28. The van der Waals surface area contributed by atoms with Crippen LogP contribution in [0.4, 0.5) is 11.4 Å². The molecule has 0 radical (unpaired) electrons. The standard InChI is InChI=1S/C21H23ClN2O2S/c22-16-9-11-17(12-10-16)23-20(25)14-27-19-8-4-7-18(13-19)24-21(26)15-5-2-1-3-6-15/h4,7-13,15H,1-3,5-6,14H2,(H,23,25)(H,24,26). The van der Waals surface area contributed by atoms with E-state index in [2.05, 4.69) is 10.6 Å². The molecule has 3 rings (SSSR count). The van der Waals surface area contributed by atoms with Gasteiger partial charge in [0, 0.05) is 27.2 Å². The highest BCUT2D eigenvalue weighted by atomic mass is 35.5. The number of halogens is 1. The quantitative estimate of drug-likeness (QED) is 0.619. The van der Waals surface area contributed by atoms with Crippen LogP contribution in [0.2, 0.25) is 5.02 Å². The lowest BCUT2D eigenvalue weighted by Gasteiger charge is -2.20. The molecular weight excluding hydrogens is 380 g/mol. The molecule has 4 nitrogen and oxygen atoms in total. The predicted molar refractivity (Wildman–Crippen MR) is 112 cm³/mol. The molecule has 1 aliphatic rings. The van der Waals surface area contributed by atoms with E-state index in [0.717, 1.165) is 42.0 Å². The van der Waals surface area contributed by atoms with Gasteiger partial charge in [0.05, 0.1) is 5.75 Å². The predicted octanol–water partition coefficient (Wildman–Crippen LogP) is 5.59. The fraction of sp³-hybridized carbons (Fsp3) is 0.333. The van der Waals surface area contributed by atoms with Gasteiger partial charge in [0.25, 0.3) is 0 Å². The number of anilines is 2. The van der Waals surface area contributed by atoms with E-state index < -0.39 is 0 Å². The van der Waals surface area contributed by atoms with Gasteiger partial charge in [0.2, 0.25) is 11.8 Å². The molecule has 0 aromatic heterocycles. The molecule has 0 saturated heterocycles. The highest BCUT2D eigenvalue weighted by Gasteiger charge is 2.21. The van der Waals surface area contributed by atoms with Crippen molar-refractivity contribution in [2.24, 2.45) is 5.92 Å². The van der Waals surface area contributed by atoms with Crippen LogP contribution in [0.1, 0.15) is 32.1 Å². The van der Waals surface area contributed by atoms with Gasteiger partial charge in [-0.25, -0.2) is 0 Å². The van der Waals surface area contributed by atoms with Crippen LogP contribution in [0, 0.1) is 5.92 Å². The summed E-state index contributed by atoms with van der Waals surface area (Å²) in [5.41, 5.74) is 1.51. The molecule has 2 aromatic rings. The topological polar surface area (TPSA) is 58.2 Å². The zero-order valence-electron chi connectivity index (χ0n) is 15.0. The second-order valence-corrected chi connectivity index (χ2v) is 8.18. The summed E-state index contributed by atoms with van der Waals surface area (Å²) in [6, 6.07) is 14.7. The summed E-state index contributed by atoms with van der Waals surface area (Å²) in [6.07, 6.45) is 5.46. The van der Waals surface area contributed by atoms with Gasteiger partial charge in [-0.1, -0.05) is 36.9 Å². The monoisotopic (exact) mass is 402 g/mol. The molecule has 2 N–H and O–H groups in total. The Labute approximate surface area is 169 Å². The lowest BCUT2D eigenvalue weighted by Crippen LogP contribution is -2.24. The Hall–Kier alpha value is -1.98. The van der Waals surface area contributed by atoms with E-state index >= 15 is 0 Å². The molecule has 142 valence electrons. The van der Waals surface area contributed by atoms with E-state index in [1.54, 1.807) is 24.3 Å². The highest BCUT2D eigenvalue weighted by Crippen LogP contribution is 2.26. The third-order valence-electron chi connectivity index (χ3n) is 4.58. The third-order valence-corrected chi connectivity index (χ3v) is 5.82. The number of nitrogens with one attached hydrogen (secondary N) is 2. The maximum absolute atomic E-state index is 12.4. The van der Waals surface area contributed by atoms with Crippen molar-refractivity contribution in [3.63, 3.8) is 0 Å². The number of hydrogen-bond donors (Lipinski definition) is 2. The third kappa shape index (κ3) is 6.29. The Kier molecular flexibility index (Phi) is 7.18. The van der Waals surface area contributed by atoms with Gasteiger partial charge in [-0.3, -0.25) is 9.59 Å². The van der Waals surface area contributed by atoms with E-state index in [0.29, 0.717) is 10.8 Å². The zero-order valence-corrected chi connectivity index (χ0v) is 16.6. The Bertz CT molecular complexity index is 789. The van der Waals surface area contributed by atoms with Crippen molar-refractivity contribution in [3.8, 4) is 0 Å². The van der Waals surface area contributed by atoms with E-state index in [-0.39, 0.29) is 17.7 Å². The molecule has 2 aromatic carbocycles. The number of hydrogen-bond acceptors (Lipinski definition) is 3. The van der Waals surface area contributed by atoms with E-state index in [1.165, 1.54) is 18.2 Å². The minimum Gasteiger partial charge on any atom is -0.326 e. The van der Waals surface area contributed by atoms with Crippen molar-refractivity contribution < 1.29 is 9.59 Å². The molecule has 0 heterocycles. The van der Waals surface area contributed by atoms with Crippen molar-refractivity contribution in [2.45, 2.75) is 37.0 Å². The number of amides is 2. The molecule has 0 bridgehead atoms. The minimum atomic E-state index is -0.0843. The fourth-order valence-corrected chi connectivity index (χ4v) is 4.03. The molecule has 1 saturated carbocycles. The van der Waals surface area contributed by atoms with Crippen LogP contribution >= 0.6 is 23.4 Å². The second-order valence-electron chi connectivity index (χ2n) is 6.70. The molecule has 1 fully saturated rings. The number of carbonyl (C=O) groups excluding carboxylic acids is 2. The van der Waals surface area contributed by atoms with Crippen molar-refractivity contribution in [1.82, 2.24) is 0 Å². The molecule has 27 heavy (non-hydrogen) atoms. The molecule has 1 aliphatic carbocycles. The highest BCUT2D eigenvalue weighted by molar-refractivity contribution is 8.00. The maximum Gasteiger partial charge on any atom is 0.234 e. The first kappa shape index (κ1) is 19.8. The van der Waals surface area contributed by atoms with Crippen LogP contribution in [0.5, 0.6) is 0 Å². The zero-order chi connectivity index (χ0) is 19.1. The summed E-state index contributed by atoms with van der Waals surface area (Å²) in [5, 5.41) is 6.49. The summed E-state index contributed by atoms with van der Waals surface area (Å²) < 4.78 is 0. The van der Waals surface area contributed by atoms with Crippen molar-refractivity contribution in [3.05, 3.63) is 53.6 Å². The van der Waals surface area contributed by atoms with E-state index in [9.17, 15) is 9.59 Å². The van der Waals surface area contributed by atoms with Crippen LogP contribution in [-0.2, 0) is 9.59 Å². The van der Waals surface area contributed by atoms with Gasteiger partial charge in [0.1, 0.15) is 0 Å². The lowest BCUT2D eigenvalue weighted by molar-refractivity contribution is -0.120. The molecule has 6 heteroatoms. The van der Waals surface area contributed by atoms with E-state index in [4.69, 9.17) is 11.6 Å². The molecule has 0 atom stereocenters. The smallest absolute Gasteiger partial charge is 0.234 e. The van der Waals surface area contributed by atoms with Gasteiger partial charge in [-0.15, -0.1) is 11.8 Å². The Morgan fingerprint density at radius 3 is 2.44 bits per heavy atom. The normalized spacial score (nSPS) is 14.6. The van der Waals surface area contributed by atoms with Gasteiger partial charge in [-0.2, -0.15) is 0 Å². The lowest BCUT2D eigenvalue weighted by atomic mass is 9.88. The molecule has 0 unspecified atom stereocenters. The summed E-state index contributed by atoms with van der Waals surface area (Å²) in [4.78, 5) is 25.4. The second kappa shape index (κ2) is 9.81. The summed E-state index contributed by atoms with van der Waals surface area (Å²) in [7, 11) is 0. The summed E-state index contributed by atoms with van der Waals surface area (Å²) in [5.74, 6) is 0.444. The van der Waals surface area contributed by atoms with Crippen LogP contribution in [0.3, 0.4) is 0 Å². The fourth-order valence-electron chi connectivity index (χ4n) is 3.15. The van der Waals surface area contributed by atoms with Crippen LogP contribution in [-0.4, -0.2) is 17.6 Å². The average molecular weight is 403 g/mol. The molecular formula is C21H23ClN2O2S. The van der Waals surface area contributed by atoms with Gasteiger partial charge in [0.15, 0.2) is 0 Å². The first-order valence-electron chi connectivity index (χ1n) is 9.19. The molecule has 0 spiro atoms. The van der Waals surface area contributed by atoms with Crippen molar-refractivity contribution in [2.75, 3.05) is 16.4 Å². The first-order chi connectivity index (χ1) is 13.1. The van der Waals surface area contributed by atoms with Gasteiger partial charge < -0.3 is 10.6 Å². The number of rotatable bonds is 6. The largest absolute Gasteiger partial charge is 0.326 e. The van der Waals surface area contributed by atoms with Crippen LogP contribution in [0.25, 0.3) is 0 Å².